The molecule has 0 aromatic heterocycles. The standard InChI is InChI=1S/C15H17F3N2O/c1-10-2-4-11(5-3-10)12-19-14(6-7-14)13(21)20(12)9-8-15(16,17)18/h2-5,12,19H,6-9H2,1H3. The molecular formula is C15H17F3N2O. The Morgan fingerprint density at radius 3 is 2.43 bits per heavy atom. The predicted molar refractivity (Wildman–Crippen MR) is 71.4 cm³/mol. The lowest BCUT2D eigenvalue weighted by Gasteiger charge is -2.25. The fraction of sp³-hybridized carbons (Fsp3) is 0.533. The van der Waals surface area contributed by atoms with Gasteiger partial charge in [0.2, 0.25) is 5.91 Å². The first-order chi connectivity index (χ1) is 9.81. The number of benzene rings is 1. The van der Waals surface area contributed by atoms with Crippen LogP contribution in [0.1, 0.15) is 36.6 Å². The third-order valence-electron chi connectivity index (χ3n) is 4.17. The average molecular weight is 298 g/mol. The van der Waals surface area contributed by atoms with Crippen molar-refractivity contribution in [2.24, 2.45) is 0 Å². The molecule has 1 N–H and O–H groups in total. The summed E-state index contributed by atoms with van der Waals surface area (Å²) < 4.78 is 37.4. The lowest BCUT2D eigenvalue weighted by molar-refractivity contribution is -0.145. The molecule has 1 atom stereocenters. The van der Waals surface area contributed by atoms with Crippen LogP contribution in [-0.2, 0) is 4.79 Å². The van der Waals surface area contributed by atoms with E-state index in [4.69, 9.17) is 0 Å². The Balaban J connectivity index is 1.82. The van der Waals surface area contributed by atoms with Gasteiger partial charge in [-0.1, -0.05) is 29.8 Å². The molecule has 3 nitrogen and oxygen atoms in total. The van der Waals surface area contributed by atoms with Crippen LogP contribution in [-0.4, -0.2) is 29.1 Å². The van der Waals surface area contributed by atoms with Crippen molar-refractivity contribution in [3.63, 3.8) is 0 Å². The molecule has 1 aliphatic heterocycles. The van der Waals surface area contributed by atoms with E-state index in [1.54, 1.807) is 0 Å². The zero-order valence-corrected chi connectivity index (χ0v) is 11.7. The van der Waals surface area contributed by atoms with E-state index in [1.807, 2.05) is 31.2 Å². The van der Waals surface area contributed by atoms with Gasteiger partial charge in [0.1, 0.15) is 11.7 Å². The topological polar surface area (TPSA) is 32.3 Å². The molecule has 114 valence electrons. The summed E-state index contributed by atoms with van der Waals surface area (Å²) in [6, 6.07) is 7.53. The lowest BCUT2D eigenvalue weighted by atomic mass is 10.1. The zero-order valence-electron chi connectivity index (χ0n) is 11.7. The van der Waals surface area contributed by atoms with Crippen molar-refractivity contribution in [1.82, 2.24) is 10.2 Å². The van der Waals surface area contributed by atoms with Crippen LogP contribution < -0.4 is 5.32 Å². The highest BCUT2D eigenvalue weighted by atomic mass is 19.4. The number of nitrogens with zero attached hydrogens (tertiary/aromatic N) is 1. The maximum atomic E-state index is 12.5. The minimum atomic E-state index is -4.25. The SMILES string of the molecule is Cc1ccc(C2NC3(CC3)C(=O)N2CCC(F)(F)F)cc1. The molecule has 1 amide bonds. The van der Waals surface area contributed by atoms with Gasteiger partial charge in [-0.2, -0.15) is 13.2 Å². The number of aryl methyl sites for hydroxylation is 1. The minimum Gasteiger partial charge on any atom is -0.321 e. The number of halogens is 3. The molecule has 1 aromatic rings. The molecule has 1 aliphatic carbocycles. The van der Waals surface area contributed by atoms with E-state index in [1.165, 1.54) is 4.90 Å². The van der Waals surface area contributed by atoms with E-state index in [2.05, 4.69) is 5.32 Å². The highest BCUT2D eigenvalue weighted by Gasteiger charge is 2.59. The van der Waals surface area contributed by atoms with Crippen LogP contribution in [0.15, 0.2) is 24.3 Å². The highest BCUT2D eigenvalue weighted by molar-refractivity contribution is 5.92. The molecule has 6 heteroatoms. The molecule has 1 aromatic carbocycles. The number of alkyl halides is 3. The third kappa shape index (κ3) is 2.77. The van der Waals surface area contributed by atoms with E-state index in [0.717, 1.165) is 11.1 Å². The molecule has 1 saturated carbocycles. The highest BCUT2D eigenvalue weighted by Crippen LogP contribution is 2.46. The Morgan fingerprint density at radius 2 is 1.90 bits per heavy atom. The van der Waals surface area contributed by atoms with Crippen molar-refractivity contribution in [2.75, 3.05) is 6.54 Å². The van der Waals surface area contributed by atoms with Gasteiger partial charge in [-0.15, -0.1) is 0 Å². The summed E-state index contributed by atoms with van der Waals surface area (Å²) in [7, 11) is 0. The van der Waals surface area contributed by atoms with Gasteiger partial charge in [-0.25, -0.2) is 0 Å². The van der Waals surface area contributed by atoms with Crippen molar-refractivity contribution >= 4 is 5.91 Å². The molecular weight excluding hydrogens is 281 g/mol. The zero-order chi connectivity index (χ0) is 15.3. The van der Waals surface area contributed by atoms with Gasteiger partial charge in [0.05, 0.1) is 6.42 Å². The molecule has 1 heterocycles. The lowest BCUT2D eigenvalue weighted by Crippen LogP contribution is -2.34. The maximum absolute atomic E-state index is 12.5. The third-order valence-corrected chi connectivity index (χ3v) is 4.17. The van der Waals surface area contributed by atoms with E-state index in [-0.39, 0.29) is 12.5 Å². The summed E-state index contributed by atoms with van der Waals surface area (Å²) >= 11 is 0. The Bertz CT molecular complexity index is 549. The van der Waals surface area contributed by atoms with E-state index < -0.39 is 24.3 Å². The van der Waals surface area contributed by atoms with Gasteiger partial charge in [-0.05, 0) is 25.3 Å². The van der Waals surface area contributed by atoms with Crippen LogP contribution in [0.25, 0.3) is 0 Å². The monoisotopic (exact) mass is 298 g/mol. The van der Waals surface area contributed by atoms with Gasteiger partial charge < -0.3 is 4.90 Å². The number of nitrogens with one attached hydrogen (secondary N) is 1. The Hall–Kier alpha value is -1.56. The largest absolute Gasteiger partial charge is 0.390 e. The average Bonchev–Trinajstić information content (AvgIpc) is 3.12. The first-order valence-corrected chi connectivity index (χ1v) is 7.03. The Kier molecular flexibility index (Phi) is 3.24. The quantitative estimate of drug-likeness (QED) is 0.930. The molecule has 0 radical (unpaired) electrons. The fourth-order valence-electron chi connectivity index (χ4n) is 2.77. The van der Waals surface area contributed by atoms with Crippen LogP contribution in [0.5, 0.6) is 0 Å². The van der Waals surface area contributed by atoms with Crippen molar-refractivity contribution in [2.45, 2.75) is 44.1 Å². The number of hydrogen-bond acceptors (Lipinski definition) is 2. The van der Waals surface area contributed by atoms with Crippen LogP contribution in [0, 0.1) is 6.92 Å². The normalized spacial score (nSPS) is 23.9. The smallest absolute Gasteiger partial charge is 0.321 e. The summed E-state index contributed by atoms with van der Waals surface area (Å²) in [5.74, 6) is -0.197. The van der Waals surface area contributed by atoms with Crippen molar-refractivity contribution in [1.29, 1.82) is 0 Å². The number of carbonyl (C=O) groups excluding carboxylic acids is 1. The van der Waals surface area contributed by atoms with Crippen molar-refractivity contribution in [3.8, 4) is 0 Å². The maximum Gasteiger partial charge on any atom is 0.390 e. The second-order valence-corrected chi connectivity index (χ2v) is 5.90. The van der Waals surface area contributed by atoms with Crippen LogP contribution in [0.4, 0.5) is 13.2 Å². The molecule has 1 spiro atoms. The van der Waals surface area contributed by atoms with E-state index >= 15 is 0 Å². The van der Waals surface area contributed by atoms with Gasteiger partial charge in [0.25, 0.3) is 0 Å². The molecule has 2 fully saturated rings. The van der Waals surface area contributed by atoms with Crippen LogP contribution in [0.3, 0.4) is 0 Å². The predicted octanol–water partition coefficient (Wildman–Crippen LogP) is 2.91. The number of rotatable bonds is 3. The van der Waals surface area contributed by atoms with Gasteiger partial charge in [0, 0.05) is 6.54 Å². The minimum absolute atomic E-state index is 0.197. The van der Waals surface area contributed by atoms with Crippen LogP contribution in [0.2, 0.25) is 0 Å². The second-order valence-electron chi connectivity index (χ2n) is 5.90. The number of amides is 1. The van der Waals surface area contributed by atoms with Crippen LogP contribution >= 0.6 is 0 Å². The van der Waals surface area contributed by atoms with E-state index in [0.29, 0.717) is 12.8 Å². The first-order valence-electron chi connectivity index (χ1n) is 7.03. The summed E-state index contributed by atoms with van der Waals surface area (Å²) in [6.45, 7) is 1.65. The second kappa shape index (κ2) is 4.73. The van der Waals surface area contributed by atoms with E-state index in [9.17, 15) is 18.0 Å². The van der Waals surface area contributed by atoms with Gasteiger partial charge in [-0.3, -0.25) is 10.1 Å². The van der Waals surface area contributed by atoms with Gasteiger partial charge in [0.15, 0.2) is 0 Å². The summed E-state index contributed by atoms with van der Waals surface area (Å²) in [4.78, 5) is 13.7. The van der Waals surface area contributed by atoms with Crippen molar-refractivity contribution < 1.29 is 18.0 Å². The Morgan fingerprint density at radius 1 is 1.29 bits per heavy atom. The Labute approximate surface area is 121 Å². The number of hydrogen-bond donors (Lipinski definition) is 1. The molecule has 3 rings (SSSR count). The summed E-state index contributed by atoms with van der Waals surface area (Å²) in [5, 5.41) is 3.22. The fourth-order valence-corrected chi connectivity index (χ4v) is 2.77. The van der Waals surface area contributed by atoms with Gasteiger partial charge >= 0.3 is 6.18 Å². The molecule has 1 unspecified atom stereocenters. The molecule has 21 heavy (non-hydrogen) atoms. The number of carbonyl (C=O) groups is 1. The first kappa shape index (κ1) is 14.4. The summed E-state index contributed by atoms with van der Waals surface area (Å²) in [5.41, 5.74) is 1.30. The molecule has 1 saturated heterocycles. The molecule has 0 bridgehead atoms. The van der Waals surface area contributed by atoms with Crippen molar-refractivity contribution in [3.05, 3.63) is 35.4 Å². The summed E-state index contributed by atoms with van der Waals surface area (Å²) in [6.07, 6.45) is -4.27. The molecule has 2 aliphatic rings.